The highest BCUT2D eigenvalue weighted by molar-refractivity contribution is 6.29. The van der Waals surface area contributed by atoms with E-state index in [4.69, 9.17) is 16.3 Å². The van der Waals surface area contributed by atoms with Crippen LogP contribution in [0.15, 0.2) is 24.4 Å². The summed E-state index contributed by atoms with van der Waals surface area (Å²) in [7, 11) is 0. The lowest BCUT2D eigenvalue weighted by Crippen LogP contribution is -2.16. The molecule has 0 fully saturated rings. The molecule has 0 aromatic carbocycles. The van der Waals surface area contributed by atoms with Crippen molar-refractivity contribution in [2.75, 3.05) is 0 Å². The van der Waals surface area contributed by atoms with Crippen molar-refractivity contribution in [2.24, 2.45) is 0 Å². The van der Waals surface area contributed by atoms with Gasteiger partial charge in [-0.25, -0.2) is 4.98 Å². The first kappa shape index (κ1) is 13.7. The molecule has 2 aromatic heterocycles. The van der Waals surface area contributed by atoms with Crippen LogP contribution in [-0.4, -0.2) is 15.0 Å². The van der Waals surface area contributed by atoms with Crippen molar-refractivity contribution < 1.29 is 4.74 Å². The van der Waals surface area contributed by atoms with E-state index in [0.29, 0.717) is 22.6 Å². The molecule has 2 aromatic rings. The molecule has 0 unspecified atom stereocenters. The highest BCUT2D eigenvalue weighted by atomic mass is 35.5. The van der Waals surface area contributed by atoms with Crippen LogP contribution in [0.2, 0.25) is 5.15 Å². The second-order valence-electron chi connectivity index (χ2n) is 5.29. The summed E-state index contributed by atoms with van der Waals surface area (Å²) in [6.45, 7) is 7.95. The van der Waals surface area contributed by atoms with Crippen molar-refractivity contribution in [2.45, 2.75) is 33.1 Å². The lowest BCUT2D eigenvalue weighted by atomic mass is 9.96. The molecule has 0 aliphatic rings. The van der Waals surface area contributed by atoms with Crippen LogP contribution in [0, 0.1) is 6.92 Å². The summed E-state index contributed by atoms with van der Waals surface area (Å²) < 4.78 is 5.73. The van der Waals surface area contributed by atoms with E-state index in [2.05, 4.69) is 15.0 Å². The predicted octanol–water partition coefficient (Wildman–Crippen LogP) is 3.92. The standard InChI is InChI=1S/C14H16ClN3O/c1-9-10(6-5-7-16-9)19-12-8-11(15)17-13(18-12)14(2,3)4/h5-8H,1-4H3. The molecule has 0 saturated carbocycles. The van der Waals surface area contributed by atoms with E-state index in [1.807, 2.05) is 39.8 Å². The Labute approximate surface area is 117 Å². The van der Waals surface area contributed by atoms with Gasteiger partial charge in [-0.2, -0.15) is 4.98 Å². The van der Waals surface area contributed by atoms with Gasteiger partial charge in [0.2, 0.25) is 5.88 Å². The number of aromatic nitrogens is 3. The van der Waals surface area contributed by atoms with Gasteiger partial charge in [-0.3, -0.25) is 4.98 Å². The van der Waals surface area contributed by atoms with Crippen LogP contribution in [0.25, 0.3) is 0 Å². The zero-order valence-corrected chi connectivity index (χ0v) is 12.2. The van der Waals surface area contributed by atoms with Crippen molar-refractivity contribution in [3.63, 3.8) is 0 Å². The summed E-state index contributed by atoms with van der Waals surface area (Å²) in [5.41, 5.74) is 0.613. The molecule has 0 N–H and O–H groups in total. The Morgan fingerprint density at radius 2 is 1.95 bits per heavy atom. The highest BCUT2D eigenvalue weighted by Gasteiger charge is 2.19. The maximum atomic E-state index is 6.02. The van der Waals surface area contributed by atoms with Crippen molar-refractivity contribution in [3.05, 3.63) is 41.1 Å². The fourth-order valence-electron chi connectivity index (χ4n) is 1.47. The maximum absolute atomic E-state index is 6.02. The number of hydrogen-bond acceptors (Lipinski definition) is 4. The third-order valence-electron chi connectivity index (χ3n) is 2.52. The van der Waals surface area contributed by atoms with Crippen LogP contribution in [0.4, 0.5) is 0 Å². The second-order valence-corrected chi connectivity index (χ2v) is 5.68. The smallest absolute Gasteiger partial charge is 0.224 e. The van der Waals surface area contributed by atoms with E-state index in [0.717, 1.165) is 5.69 Å². The Kier molecular flexibility index (Phi) is 3.71. The molecule has 0 bridgehead atoms. The van der Waals surface area contributed by atoms with Crippen molar-refractivity contribution in [1.82, 2.24) is 15.0 Å². The van der Waals surface area contributed by atoms with Crippen LogP contribution in [-0.2, 0) is 5.41 Å². The fraction of sp³-hybridized carbons (Fsp3) is 0.357. The third kappa shape index (κ3) is 3.41. The number of aryl methyl sites for hydroxylation is 1. The zero-order valence-electron chi connectivity index (χ0n) is 11.4. The van der Waals surface area contributed by atoms with Crippen molar-refractivity contribution >= 4 is 11.6 Å². The molecule has 0 atom stereocenters. The molecule has 0 saturated heterocycles. The average Bonchev–Trinajstić information content (AvgIpc) is 2.30. The summed E-state index contributed by atoms with van der Waals surface area (Å²) in [5.74, 6) is 1.75. The summed E-state index contributed by atoms with van der Waals surface area (Å²) in [4.78, 5) is 12.8. The van der Waals surface area contributed by atoms with Gasteiger partial charge >= 0.3 is 0 Å². The molecule has 0 aliphatic heterocycles. The van der Waals surface area contributed by atoms with Gasteiger partial charge in [-0.05, 0) is 19.1 Å². The van der Waals surface area contributed by atoms with Gasteiger partial charge in [-0.1, -0.05) is 32.4 Å². The van der Waals surface area contributed by atoms with Gasteiger partial charge in [0.05, 0.1) is 5.69 Å². The number of hydrogen-bond donors (Lipinski definition) is 0. The molecule has 0 amide bonds. The SMILES string of the molecule is Cc1ncccc1Oc1cc(Cl)nc(C(C)(C)C)n1. The Bertz CT molecular complexity index is 593. The monoisotopic (exact) mass is 277 g/mol. The normalized spacial score (nSPS) is 11.4. The molecule has 2 rings (SSSR count). The lowest BCUT2D eigenvalue weighted by molar-refractivity contribution is 0.441. The number of rotatable bonds is 2. The highest BCUT2D eigenvalue weighted by Crippen LogP contribution is 2.27. The van der Waals surface area contributed by atoms with Crippen LogP contribution < -0.4 is 4.74 Å². The summed E-state index contributed by atoms with van der Waals surface area (Å²) >= 11 is 6.02. The topological polar surface area (TPSA) is 47.9 Å². The number of pyridine rings is 1. The van der Waals surface area contributed by atoms with E-state index in [-0.39, 0.29) is 5.41 Å². The fourth-order valence-corrected chi connectivity index (χ4v) is 1.65. The Morgan fingerprint density at radius 3 is 2.58 bits per heavy atom. The number of ether oxygens (including phenoxy) is 1. The molecule has 100 valence electrons. The molecular weight excluding hydrogens is 262 g/mol. The Morgan fingerprint density at radius 1 is 1.21 bits per heavy atom. The van der Waals surface area contributed by atoms with Crippen LogP contribution in [0.3, 0.4) is 0 Å². The number of nitrogens with zero attached hydrogens (tertiary/aromatic N) is 3. The van der Waals surface area contributed by atoms with Gasteiger partial charge in [0.25, 0.3) is 0 Å². The van der Waals surface area contributed by atoms with E-state index in [1.165, 1.54) is 0 Å². The van der Waals surface area contributed by atoms with E-state index in [1.54, 1.807) is 12.3 Å². The molecule has 0 radical (unpaired) electrons. The van der Waals surface area contributed by atoms with Crippen LogP contribution in [0.1, 0.15) is 32.3 Å². The van der Waals surface area contributed by atoms with Gasteiger partial charge in [-0.15, -0.1) is 0 Å². The minimum absolute atomic E-state index is 0.188. The first-order valence-corrected chi connectivity index (χ1v) is 6.38. The van der Waals surface area contributed by atoms with E-state index < -0.39 is 0 Å². The Balaban J connectivity index is 2.36. The molecular formula is C14H16ClN3O. The maximum Gasteiger partial charge on any atom is 0.224 e. The van der Waals surface area contributed by atoms with Gasteiger partial charge in [0.15, 0.2) is 5.75 Å². The molecule has 2 heterocycles. The van der Waals surface area contributed by atoms with Crippen LogP contribution >= 0.6 is 11.6 Å². The first-order valence-electron chi connectivity index (χ1n) is 6.01. The van der Waals surface area contributed by atoms with Crippen molar-refractivity contribution in [3.8, 4) is 11.6 Å². The van der Waals surface area contributed by atoms with E-state index >= 15 is 0 Å². The van der Waals surface area contributed by atoms with Crippen molar-refractivity contribution in [1.29, 1.82) is 0 Å². The first-order chi connectivity index (χ1) is 8.86. The molecule has 19 heavy (non-hydrogen) atoms. The summed E-state index contributed by atoms with van der Waals surface area (Å²) in [6, 6.07) is 5.26. The van der Waals surface area contributed by atoms with E-state index in [9.17, 15) is 0 Å². The van der Waals surface area contributed by atoms with Gasteiger partial charge in [0.1, 0.15) is 11.0 Å². The lowest BCUT2D eigenvalue weighted by Gasteiger charge is -2.17. The largest absolute Gasteiger partial charge is 0.437 e. The third-order valence-corrected chi connectivity index (χ3v) is 2.71. The minimum Gasteiger partial charge on any atom is -0.437 e. The molecule has 4 nitrogen and oxygen atoms in total. The molecule has 0 spiro atoms. The predicted molar refractivity (Wildman–Crippen MR) is 74.8 cm³/mol. The minimum atomic E-state index is -0.188. The average molecular weight is 278 g/mol. The zero-order chi connectivity index (χ0) is 14.0. The molecule has 0 aliphatic carbocycles. The quantitative estimate of drug-likeness (QED) is 0.781. The Hall–Kier alpha value is -1.68. The summed E-state index contributed by atoms with van der Waals surface area (Å²) in [6.07, 6.45) is 1.72. The van der Waals surface area contributed by atoms with Crippen LogP contribution in [0.5, 0.6) is 11.6 Å². The summed E-state index contributed by atoms with van der Waals surface area (Å²) in [5, 5.41) is 0.372. The number of halogens is 1. The van der Waals surface area contributed by atoms with Gasteiger partial charge < -0.3 is 4.74 Å². The van der Waals surface area contributed by atoms with Gasteiger partial charge in [0, 0.05) is 17.7 Å². The molecule has 5 heteroatoms. The second kappa shape index (κ2) is 5.13.